The lowest BCUT2D eigenvalue weighted by Gasteiger charge is -2.09. The molecule has 0 aliphatic rings. The van der Waals surface area contributed by atoms with Gasteiger partial charge in [-0.25, -0.2) is 9.48 Å². The zero-order valence-corrected chi connectivity index (χ0v) is 15.3. The number of nitrogens with one attached hydrogen (secondary N) is 1. The molecule has 0 radical (unpaired) electrons. The molecule has 0 bridgehead atoms. The van der Waals surface area contributed by atoms with Crippen LogP contribution in [0.15, 0.2) is 59.4 Å². The minimum Gasteiger partial charge on any atom is -0.492 e. The number of carbonyl (C=O) groups is 2. The number of nitrogens with zero attached hydrogens (tertiary/aromatic N) is 2. The Bertz CT molecular complexity index is 1050. The third-order valence-electron chi connectivity index (χ3n) is 3.92. The molecule has 0 atom stereocenters. The largest absolute Gasteiger partial charge is 0.492 e. The number of carbonyl (C=O) groups excluding carboxylic acids is 2. The lowest BCUT2D eigenvalue weighted by atomic mass is 10.1. The second-order valence-electron chi connectivity index (χ2n) is 5.91. The molecule has 0 spiro atoms. The molecule has 1 aromatic heterocycles. The Morgan fingerprint density at radius 3 is 2.46 bits per heavy atom. The fourth-order valence-corrected chi connectivity index (χ4v) is 2.58. The molecule has 3 aromatic rings. The molecule has 0 saturated carbocycles. The van der Waals surface area contributed by atoms with Gasteiger partial charge in [0.1, 0.15) is 12.4 Å². The maximum absolute atomic E-state index is 12.3. The van der Waals surface area contributed by atoms with Gasteiger partial charge in [0.2, 0.25) is 0 Å². The Morgan fingerprint density at radius 2 is 1.71 bits per heavy atom. The van der Waals surface area contributed by atoms with Crippen molar-refractivity contribution in [1.82, 2.24) is 15.1 Å². The van der Waals surface area contributed by atoms with Crippen LogP contribution in [0.5, 0.6) is 5.75 Å². The Hall–Kier alpha value is -3.68. The minimum absolute atomic E-state index is 0.0158. The summed E-state index contributed by atoms with van der Waals surface area (Å²) in [6.07, 6.45) is 0. The highest BCUT2D eigenvalue weighted by Crippen LogP contribution is 2.13. The van der Waals surface area contributed by atoms with Crippen LogP contribution in [0.3, 0.4) is 0 Å². The topological polar surface area (TPSA) is 99.5 Å². The lowest BCUT2D eigenvalue weighted by Crippen LogP contribution is -2.32. The highest BCUT2D eigenvalue weighted by Gasteiger charge is 2.18. The SMILES string of the molecule is Cn1nc(C(=O)OCC(=O)NCCOc2ccccc2)c2ccccc2c1=O. The van der Waals surface area contributed by atoms with Crippen LogP contribution < -0.4 is 15.6 Å². The van der Waals surface area contributed by atoms with Gasteiger partial charge in [0.25, 0.3) is 11.5 Å². The lowest BCUT2D eigenvalue weighted by molar-refractivity contribution is -0.124. The molecule has 0 aliphatic heterocycles. The Labute approximate surface area is 160 Å². The molecule has 1 amide bonds. The van der Waals surface area contributed by atoms with Crippen LogP contribution in [0.25, 0.3) is 10.8 Å². The third-order valence-corrected chi connectivity index (χ3v) is 3.92. The zero-order valence-electron chi connectivity index (χ0n) is 15.3. The van der Waals surface area contributed by atoms with Gasteiger partial charge in [-0.2, -0.15) is 5.10 Å². The maximum atomic E-state index is 12.3. The summed E-state index contributed by atoms with van der Waals surface area (Å²) in [6.45, 7) is 0.103. The van der Waals surface area contributed by atoms with E-state index in [1.54, 1.807) is 24.3 Å². The van der Waals surface area contributed by atoms with Gasteiger partial charge in [-0.05, 0) is 18.2 Å². The Kier molecular flexibility index (Phi) is 6.01. The van der Waals surface area contributed by atoms with Gasteiger partial charge < -0.3 is 14.8 Å². The van der Waals surface area contributed by atoms with Crippen LogP contribution in [0.4, 0.5) is 0 Å². The summed E-state index contributed by atoms with van der Waals surface area (Å²) in [5.74, 6) is -0.530. The van der Waals surface area contributed by atoms with Crippen molar-refractivity contribution in [2.24, 2.45) is 7.05 Å². The van der Waals surface area contributed by atoms with Crippen LogP contribution in [-0.2, 0) is 16.6 Å². The smallest absolute Gasteiger partial charge is 0.359 e. The fourth-order valence-electron chi connectivity index (χ4n) is 2.58. The van der Waals surface area contributed by atoms with E-state index < -0.39 is 18.5 Å². The molecule has 8 nitrogen and oxygen atoms in total. The molecule has 8 heteroatoms. The van der Waals surface area contributed by atoms with Gasteiger partial charge in [-0.15, -0.1) is 0 Å². The molecular formula is C20H19N3O5. The molecule has 28 heavy (non-hydrogen) atoms. The first-order valence-corrected chi connectivity index (χ1v) is 8.64. The van der Waals surface area contributed by atoms with Gasteiger partial charge in [-0.3, -0.25) is 9.59 Å². The number of rotatable bonds is 7. The first kappa shape index (κ1) is 19.1. The summed E-state index contributed by atoms with van der Waals surface area (Å²) in [5.41, 5.74) is -0.332. The molecule has 0 aliphatic carbocycles. The summed E-state index contributed by atoms with van der Waals surface area (Å²) in [4.78, 5) is 36.3. The van der Waals surface area contributed by atoms with E-state index >= 15 is 0 Å². The number of ether oxygens (including phenoxy) is 2. The molecule has 0 unspecified atom stereocenters. The normalized spacial score (nSPS) is 10.5. The second-order valence-corrected chi connectivity index (χ2v) is 5.91. The molecule has 2 aromatic carbocycles. The molecule has 3 rings (SSSR count). The zero-order chi connectivity index (χ0) is 19.9. The molecular weight excluding hydrogens is 362 g/mol. The number of hydrogen-bond acceptors (Lipinski definition) is 6. The van der Waals surface area contributed by atoms with Gasteiger partial charge in [0, 0.05) is 12.4 Å². The first-order chi connectivity index (χ1) is 13.6. The molecule has 0 fully saturated rings. The van der Waals surface area contributed by atoms with E-state index in [1.165, 1.54) is 7.05 Å². The Balaban J connectivity index is 1.53. The summed E-state index contributed by atoms with van der Waals surface area (Å²) >= 11 is 0. The van der Waals surface area contributed by atoms with Crippen LogP contribution in [-0.4, -0.2) is 41.4 Å². The van der Waals surface area contributed by atoms with E-state index in [0.717, 1.165) is 4.68 Å². The third kappa shape index (κ3) is 4.53. The van der Waals surface area contributed by atoms with Gasteiger partial charge in [0.15, 0.2) is 12.3 Å². The van der Waals surface area contributed by atoms with Gasteiger partial charge in [0.05, 0.1) is 11.9 Å². The van der Waals surface area contributed by atoms with Crippen molar-refractivity contribution < 1.29 is 19.1 Å². The summed E-state index contributed by atoms with van der Waals surface area (Å²) < 4.78 is 11.6. The Morgan fingerprint density at radius 1 is 1.04 bits per heavy atom. The predicted molar refractivity (Wildman–Crippen MR) is 102 cm³/mol. The van der Waals surface area contributed by atoms with Crippen molar-refractivity contribution in [2.75, 3.05) is 19.8 Å². The van der Waals surface area contributed by atoms with Crippen LogP contribution in [0.2, 0.25) is 0 Å². The monoisotopic (exact) mass is 381 g/mol. The number of fused-ring (bicyclic) bond motifs is 1. The van der Waals surface area contributed by atoms with Gasteiger partial charge >= 0.3 is 5.97 Å². The second kappa shape index (κ2) is 8.81. The highest BCUT2D eigenvalue weighted by molar-refractivity contribution is 6.02. The number of amides is 1. The number of esters is 1. The van der Waals surface area contributed by atoms with Crippen molar-refractivity contribution in [3.05, 3.63) is 70.6 Å². The standard InChI is InChI=1S/C20H19N3O5/c1-23-19(25)16-10-6-5-9-15(16)18(22-23)20(26)28-13-17(24)21-11-12-27-14-7-3-2-4-8-14/h2-10H,11-13H2,1H3,(H,21,24). The van der Waals surface area contributed by atoms with Crippen molar-refractivity contribution in [3.63, 3.8) is 0 Å². The fraction of sp³-hybridized carbons (Fsp3) is 0.200. The van der Waals surface area contributed by atoms with Crippen molar-refractivity contribution in [2.45, 2.75) is 0 Å². The van der Waals surface area contributed by atoms with Crippen LogP contribution in [0, 0.1) is 0 Å². The maximum Gasteiger partial charge on any atom is 0.359 e. The van der Waals surface area contributed by atoms with E-state index in [1.807, 2.05) is 30.3 Å². The van der Waals surface area contributed by atoms with Crippen LogP contribution in [0.1, 0.15) is 10.5 Å². The van der Waals surface area contributed by atoms with E-state index in [-0.39, 0.29) is 24.4 Å². The van der Waals surface area contributed by atoms with Crippen LogP contribution >= 0.6 is 0 Å². The predicted octanol–water partition coefficient (Wildman–Crippen LogP) is 1.29. The number of hydrogen-bond donors (Lipinski definition) is 1. The minimum atomic E-state index is -0.775. The first-order valence-electron chi connectivity index (χ1n) is 8.64. The molecule has 1 N–H and O–H groups in total. The van der Waals surface area contributed by atoms with Crippen molar-refractivity contribution in [3.8, 4) is 5.75 Å². The van der Waals surface area contributed by atoms with Crippen molar-refractivity contribution >= 4 is 22.6 Å². The molecule has 0 saturated heterocycles. The average molecular weight is 381 g/mol. The number of aryl methyl sites for hydroxylation is 1. The average Bonchev–Trinajstić information content (AvgIpc) is 2.73. The molecule has 144 valence electrons. The summed E-state index contributed by atoms with van der Waals surface area (Å²) in [6, 6.07) is 15.8. The summed E-state index contributed by atoms with van der Waals surface area (Å²) in [7, 11) is 1.45. The highest BCUT2D eigenvalue weighted by atomic mass is 16.5. The number of para-hydroxylation sites is 1. The molecule has 1 heterocycles. The summed E-state index contributed by atoms with van der Waals surface area (Å²) in [5, 5.41) is 7.30. The van der Waals surface area contributed by atoms with Gasteiger partial charge in [-0.1, -0.05) is 36.4 Å². The number of benzene rings is 2. The van der Waals surface area contributed by atoms with E-state index in [0.29, 0.717) is 16.5 Å². The quantitative estimate of drug-likeness (QED) is 0.489. The number of aromatic nitrogens is 2. The van der Waals surface area contributed by atoms with E-state index in [4.69, 9.17) is 9.47 Å². The van der Waals surface area contributed by atoms with E-state index in [9.17, 15) is 14.4 Å². The van der Waals surface area contributed by atoms with Crippen molar-refractivity contribution in [1.29, 1.82) is 0 Å². The van der Waals surface area contributed by atoms with E-state index in [2.05, 4.69) is 10.4 Å².